The van der Waals surface area contributed by atoms with E-state index >= 15 is 0 Å². The monoisotopic (exact) mass is 333 g/mol. The predicted molar refractivity (Wildman–Crippen MR) is 99.0 cm³/mol. The molecule has 0 N–H and O–H groups in total. The standard InChI is InChI=1S/C21H23N3O/c1-16(24-14-12-22-15-24)11-13-23(2)21-17-7-3-5-9-19(17)25-20-10-6-4-8-18(20)21/h3-10,12,14-16,21H,11,13H2,1-2H3. The summed E-state index contributed by atoms with van der Waals surface area (Å²) in [6.07, 6.45) is 6.83. The van der Waals surface area contributed by atoms with Crippen LogP contribution in [0.25, 0.3) is 0 Å². The average Bonchev–Trinajstić information content (AvgIpc) is 3.18. The van der Waals surface area contributed by atoms with Crippen LogP contribution in [-0.4, -0.2) is 28.0 Å². The van der Waals surface area contributed by atoms with Crippen molar-refractivity contribution < 1.29 is 4.74 Å². The van der Waals surface area contributed by atoms with Crippen LogP contribution < -0.4 is 4.74 Å². The van der Waals surface area contributed by atoms with Gasteiger partial charge in [-0.3, -0.25) is 4.90 Å². The van der Waals surface area contributed by atoms with Crippen molar-refractivity contribution in [1.82, 2.24) is 14.5 Å². The van der Waals surface area contributed by atoms with Crippen molar-refractivity contribution in [3.05, 3.63) is 78.4 Å². The first kappa shape index (κ1) is 15.9. The minimum absolute atomic E-state index is 0.219. The predicted octanol–water partition coefficient (Wildman–Crippen LogP) is 4.66. The van der Waals surface area contributed by atoms with Gasteiger partial charge >= 0.3 is 0 Å². The quantitative estimate of drug-likeness (QED) is 0.680. The van der Waals surface area contributed by atoms with Crippen LogP contribution in [0.5, 0.6) is 11.5 Å². The smallest absolute Gasteiger partial charge is 0.132 e. The van der Waals surface area contributed by atoms with E-state index in [0.717, 1.165) is 24.5 Å². The van der Waals surface area contributed by atoms with E-state index < -0.39 is 0 Å². The molecule has 0 saturated carbocycles. The van der Waals surface area contributed by atoms with Gasteiger partial charge in [-0.15, -0.1) is 0 Å². The zero-order valence-electron chi connectivity index (χ0n) is 14.7. The summed E-state index contributed by atoms with van der Waals surface area (Å²) >= 11 is 0. The number of aromatic nitrogens is 2. The summed E-state index contributed by atoms with van der Waals surface area (Å²) in [5.74, 6) is 1.92. The minimum Gasteiger partial charge on any atom is -0.457 e. The maximum atomic E-state index is 6.10. The number of ether oxygens (including phenoxy) is 1. The second kappa shape index (κ2) is 6.73. The Kier molecular flexibility index (Phi) is 4.28. The molecular weight excluding hydrogens is 310 g/mol. The van der Waals surface area contributed by atoms with Gasteiger partial charge in [-0.25, -0.2) is 4.98 Å². The van der Waals surface area contributed by atoms with Crippen LogP contribution in [-0.2, 0) is 0 Å². The van der Waals surface area contributed by atoms with E-state index in [1.54, 1.807) is 0 Å². The van der Waals surface area contributed by atoms with Crippen LogP contribution in [0.1, 0.15) is 36.6 Å². The van der Waals surface area contributed by atoms with Crippen molar-refractivity contribution >= 4 is 0 Å². The summed E-state index contributed by atoms with van der Waals surface area (Å²) in [5, 5.41) is 0. The van der Waals surface area contributed by atoms with Gasteiger partial charge in [0.15, 0.2) is 0 Å². The van der Waals surface area contributed by atoms with Gasteiger partial charge in [-0.05, 0) is 32.5 Å². The molecule has 0 saturated heterocycles. The van der Waals surface area contributed by atoms with Gasteiger partial charge in [0.2, 0.25) is 0 Å². The molecule has 1 aliphatic heterocycles. The number of fused-ring (bicyclic) bond motifs is 2. The highest BCUT2D eigenvalue weighted by Gasteiger charge is 2.29. The van der Waals surface area contributed by atoms with Crippen molar-refractivity contribution in [2.45, 2.75) is 25.4 Å². The number of nitrogens with zero attached hydrogens (tertiary/aromatic N) is 3. The van der Waals surface area contributed by atoms with Gasteiger partial charge in [-0.1, -0.05) is 36.4 Å². The number of hydrogen-bond donors (Lipinski definition) is 0. The van der Waals surface area contributed by atoms with E-state index in [-0.39, 0.29) is 6.04 Å². The zero-order chi connectivity index (χ0) is 17.2. The van der Waals surface area contributed by atoms with Gasteiger partial charge in [-0.2, -0.15) is 0 Å². The van der Waals surface area contributed by atoms with E-state index in [1.165, 1.54) is 11.1 Å². The first-order chi connectivity index (χ1) is 12.2. The maximum absolute atomic E-state index is 6.10. The van der Waals surface area contributed by atoms with Gasteiger partial charge in [0.05, 0.1) is 12.4 Å². The summed E-state index contributed by atoms with van der Waals surface area (Å²) in [6, 6.07) is 17.3. The Labute approximate surface area is 148 Å². The molecule has 1 atom stereocenters. The Bertz CT molecular complexity index is 798. The molecule has 0 aliphatic carbocycles. The molecular formula is C21H23N3O. The molecule has 1 aromatic heterocycles. The first-order valence-corrected chi connectivity index (χ1v) is 8.77. The highest BCUT2D eigenvalue weighted by atomic mass is 16.5. The van der Waals surface area contributed by atoms with Crippen LogP contribution in [0.15, 0.2) is 67.3 Å². The van der Waals surface area contributed by atoms with Crippen LogP contribution in [0, 0.1) is 0 Å². The third-order valence-corrected chi connectivity index (χ3v) is 5.02. The molecule has 0 radical (unpaired) electrons. The van der Waals surface area contributed by atoms with Crippen LogP contribution in [0.2, 0.25) is 0 Å². The lowest BCUT2D eigenvalue weighted by Gasteiger charge is -2.35. The van der Waals surface area contributed by atoms with E-state index in [2.05, 4.69) is 64.8 Å². The molecule has 0 bridgehead atoms. The van der Waals surface area contributed by atoms with Crippen LogP contribution >= 0.6 is 0 Å². The highest BCUT2D eigenvalue weighted by molar-refractivity contribution is 5.52. The third kappa shape index (κ3) is 3.05. The molecule has 4 nitrogen and oxygen atoms in total. The fraction of sp³-hybridized carbons (Fsp3) is 0.286. The molecule has 0 fully saturated rings. The van der Waals surface area contributed by atoms with Gasteiger partial charge < -0.3 is 9.30 Å². The minimum atomic E-state index is 0.219. The number of imidazole rings is 1. The summed E-state index contributed by atoms with van der Waals surface area (Å²) in [4.78, 5) is 6.58. The van der Waals surface area contributed by atoms with E-state index in [1.807, 2.05) is 30.9 Å². The lowest BCUT2D eigenvalue weighted by atomic mass is 9.93. The van der Waals surface area contributed by atoms with Crippen molar-refractivity contribution in [3.8, 4) is 11.5 Å². The Morgan fingerprint density at radius 2 is 1.72 bits per heavy atom. The molecule has 4 rings (SSSR count). The SMILES string of the molecule is CC(CCN(C)C1c2ccccc2Oc2ccccc21)n1ccnc1. The largest absolute Gasteiger partial charge is 0.457 e. The number of para-hydroxylation sites is 2. The zero-order valence-corrected chi connectivity index (χ0v) is 14.7. The molecule has 2 heterocycles. The fourth-order valence-electron chi connectivity index (χ4n) is 3.56. The van der Waals surface area contributed by atoms with Crippen LogP contribution in [0.4, 0.5) is 0 Å². The van der Waals surface area contributed by atoms with E-state index in [4.69, 9.17) is 4.74 Å². The number of rotatable bonds is 5. The maximum Gasteiger partial charge on any atom is 0.132 e. The normalized spacial score (nSPS) is 14.7. The molecule has 3 aromatic rings. The van der Waals surface area contributed by atoms with Gasteiger partial charge in [0.25, 0.3) is 0 Å². The second-order valence-corrected chi connectivity index (χ2v) is 6.71. The van der Waals surface area contributed by atoms with Gasteiger partial charge in [0.1, 0.15) is 11.5 Å². The molecule has 128 valence electrons. The number of hydrogen-bond acceptors (Lipinski definition) is 3. The Hall–Kier alpha value is -2.59. The molecule has 0 amide bonds. The third-order valence-electron chi connectivity index (χ3n) is 5.02. The molecule has 4 heteroatoms. The lowest BCUT2D eigenvalue weighted by molar-refractivity contribution is 0.243. The Morgan fingerprint density at radius 3 is 2.32 bits per heavy atom. The number of benzene rings is 2. The van der Waals surface area contributed by atoms with Crippen molar-refractivity contribution in [3.63, 3.8) is 0 Å². The summed E-state index contributed by atoms with van der Waals surface area (Å²) in [6.45, 7) is 3.23. The van der Waals surface area contributed by atoms with E-state index in [9.17, 15) is 0 Å². The first-order valence-electron chi connectivity index (χ1n) is 8.77. The van der Waals surface area contributed by atoms with Crippen LogP contribution in [0.3, 0.4) is 0 Å². The Balaban J connectivity index is 1.58. The van der Waals surface area contributed by atoms with Crippen molar-refractivity contribution in [2.75, 3.05) is 13.6 Å². The van der Waals surface area contributed by atoms with Gasteiger partial charge in [0, 0.05) is 36.1 Å². The molecule has 0 spiro atoms. The molecule has 2 aromatic carbocycles. The Morgan fingerprint density at radius 1 is 1.08 bits per heavy atom. The fourth-order valence-corrected chi connectivity index (χ4v) is 3.56. The molecule has 25 heavy (non-hydrogen) atoms. The summed E-state index contributed by atoms with van der Waals surface area (Å²) in [5.41, 5.74) is 2.47. The van der Waals surface area contributed by atoms with Crippen molar-refractivity contribution in [2.24, 2.45) is 0 Å². The summed E-state index contributed by atoms with van der Waals surface area (Å²) in [7, 11) is 2.20. The second-order valence-electron chi connectivity index (χ2n) is 6.71. The molecule has 1 unspecified atom stereocenters. The topological polar surface area (TPSA) is 30.3 Å². The lowest BCUT2D eigenvalue weighted by Crippen LogP contribution is -2.30. The van der Waals surface area contributed by atoms with E-state index in [0.29, 0.717) is 6.04 Å². The van der Waals surface area contributed by atoms with Crippen molar-refractivity contribution in [1.29, 1.82) is 0 Å². The summed E-state index contributed by atoms with van der Waals surface area (Å²) < 4.78 is 8.27. The highest BCUT2D eigenvalue weighted by Crippen LogP contribution is 2.45. The average molecular weight is 333 g/mol. The molecule has 1 aliphatic rings.